The van der Waals surface area contributed by atoms with Crippen LogP contribution in [0.25, 0.3) is 0 Å². The Morgan fingerprint density at radius 2 is 1.31 bits per heavy atom. The first-order chi connectivity index (χ1) is 7.77. The molecule has 0 aromatic heterocycles. The van der Waals surface area contributed by atoms with Gasteiger partial charge >= 0.3 is 0 Å². The maximum absolute atomic E-state index is 2.38. The van der Waals surface area contributed by atoms with E-state index in [9.17, 15) is 0 Å². The molecule has 0 aliphatic carbocycles. The quantitative estimate of drug-likeness (QED) is 0.293. The number of unbranched alkanes of at least 4 members (excludes halogenated alkanes) is 7. The van der Waals surface area contributed by atoms with Gasteiger partial charge in [0.2, 0.25) is 0 Å². The molecule has 0 unspecified atom stereocenters. The van der Waals surface area contributed by atoms with Crippen LogP contribution in [0.3, 0.4) is 0 Å². The topological polar surface area (TPSA) is 0 Å². The van der Waals surface area contributed by atoms with E-state index in [2.05, 4.69) is 32.9 Å². The highest BCUT2D eigenvalue weighted by molar-refractivity contribution is 4.81. The van der Waals surface area contributed by atoms with Crippen molar-refractivity contribution in [2.24, 2.45) is 5.92 Å². The smallest absolute Gasteiger partial charge is 0.0351 e. The van der Waals surface area contributed by atoms with E-state index in [1.807, 2.05) is 0 Å². The van der Waals surface area contributed by atoms with Crippen LogP contribution in [0.4, 0.5) is 0 Å². The summed E-state index contributed by atoms with van der Waals surface area (Å²) in [5.41, 5.74) is 0. The van der Waals surface area contributed by atoms with Gasteiger partial charge in [-0.1, -0.05) is 77.9 Å². The SMILES string of the molecule is CCCCC=CCCCCCCCC(C)C. The molecule has 0 saturated carbocycles. The van der Waals surface area contributed by atoms with Crippen molar-refractivity contribution in [1.82, 2.24) is 0 Å². The molecular weight excluding hydrogens is 192 g/mol. The fourth-order valence-electron chi connectivity index (χ4n) is 1.90. The first-order valence-corrected chi connectivity index (χ1v) is 7.42. The van der Waals surface area contributed by atoms with Gasteiger partial charge in [0.05, 0.1) is 0 Å². The lowest BCUT2D eigenvalue weighted by molar-refractivity contribution is 0.516. The summed E-state index contributed by atoms with van der Waals surface area (Å²) in [6.07, 6.45) is 18.5. The molecule has 0 aromatic rings. The second-order valence-electron chi connectivity index (χ2n) is 5.35. The van der Waals surface area contributed by atoms with E-state index in [1.165, 1.54) is 64.2 Å². The number of hydrogen-bond donors (Lipinski definition) is 0. The van der Waals surface area contributed by atoms with Crippen LogP contribution in [0, 0.1) is 5.92 Å². The minimum Gasteiger partial charge on any atom is -0.0885 e. The summed E-state index contributed by atoms with van der Waals surface area (Å²) in [6.45, 7) is 6.90. The van der Waals surface area contributed by atoms with E-state index in [0.29, 0.717) is 0 Å². The lowest BCUT2D eigenvalue weighted by atomic mass is 10.0. The Kier molecular flexibility index (Phi) is 12.6. The van der Waals surface area contributed by atoms with Crippen LogP contribution in [0.15, 0.2) is 12.2 Å². The van der Waals surface area contributed by atoms with Crippen LogP contribution < -0.4 is 0 Å². The molecule has 16 heavy (non-hydrogen) atoms. The minimum atomic E-state index is 0.890. The number of rotatable bonds is 11. The highest BCUT2D eigenvalue weighted by Crippen LogP contribution is 2.11. The van der Waals surface area contributed by atoms with Crippen molar-refractivity contribution in [2.75, 3.05) is 0 Å². The van der Waals surface area contributed by atoms with E-state index in [-0.39, 0.29) is 0 Å². The average Bonchev–Trinajstić information content (AvgIpc) is 2.25. The summed E-state index contributed by atoms with van der Waals surface area (Å²) in [6, 6.07) is 0. The first-order valence-electron chi connectivity index (χ1n) is 7.42. The summed E-state index contributed by atoms with van der Waals surface area (Å²) >= 11 is 0. The van der Waals surface area contributed by atoms with Gasteiger partial charge in [0.1, 0.15) is 0 Å². The molecule has 0 nitrogen and oxygen atoms in total. The predicted octanol–water partition coefficient (Wildman–Crippen LogP) is 6.12. The third kappa shape index (κ3) is 13.7. The molecule has 0 spiro atoms. The maximum atomic E-state index is 2.38. The summed E-state index contributed by atoms with van der Waals surface area (Å²) in [7, 11) is 0. The largest absolute Gasteiger partial charge is 0.0885 e. The molecule has 0 amide bonds. The number of allylic oxidation sites excluding steroid dienone is 2. The Labute approximate surface area is 104 Å². The summed E-state index contributed by atoms with van der Waals surface area (Å²) in [5, 5.41) is 0. The van der Waals surface area contributed by atoms with Gasteiger partial charge < -0.3 is 0 Å². The van der Waals surface area contributed by atoms with Gasteiger partial charge in [0.15, 0.2) is 0 Å². The zero-order valence-corrected chi connectivity index (χ0v) is 11.8. The fraction of sp³-hybridized carbons (Fsp3) is 0.875. The van der Waals surface area contributed by atoms with Gasteiger partial charge in [0, 0.05) is 0 Å². The minimum absolute atomic E-state index is 0.890. The molecule has 0 bridgehead atoms. The third-order valence-corrected chi connectivity index (χ3v) is 3.04. The fourth-order valence-corrected chi connectivity index (χ4v) is 1.90. The van der Waals surface area contributed by atoms with E-state index in [4.69, 9.17) is 0 Å². The van der Waals surface area contributed by atoms with Gasteiger partial charge in [-0.15, -0.1) is 0 Å². The second kappa shape index (κ2) is 12.8. The van der Waals surface area contributed by atoms with E-state index < -0.39 is 0 Å². The van der Waals surface area contributed by atoms with Crippen molar-refractivity contribution in [3.05, 3.63) is 12.2 Å². The highest BCUT2D eigenvalue weighted by Gasteiger charge is 1.93. The van der Waals surface area contributed by atoms with Gasteiger partial charge in [-0.05, 0) is 25.2 Å². The van der Waals surface area contributed by atoms with Crippen LogP contribution in [0.5, 0.6) is 0 Å². The molecule has 0 aliphatic heterocycles. The van der Waals surface area contributed by atoms with Crippen molar-refractivity contribution in [1.29, 1.82) is 0 Å². The lowest BCUT2D eigenvalue weighted by Crippen LogP contribution is -1.86. The predicted molar refractivity (Wildman–Crippen MR) is 75.8 cm³/mol. The van der Waals surface area contributed by atoms with Crippen LogP contribution >= 0.6 is 0 Å². The first kappa shape index (κ1) is 15.7. The highest BCUT2D eigenvalue weighted by atomic mass is 14.0. The summed E-state index contributed by atoms with van der Waals surface area (Å²) in [4.78, 5) is 0. The molecule has 0 fully saturated rings. The molecule has 0 rings (SSSR count). The zero-order chi connectivity index (χ0) is 12.1. The molecule has 0 atom stereocenters. The number of hydrogen-bond acceptors (Lipinski definition) is 0. The molecule has 96 valence electrons. The molecular formula is C16H32. The monoisotopic (exact) mass is 224 g/mol. The Balaban J connectivity index is 3.01. The van der Waals surface area contributed by atoms with Crippen molar-refractivity contribution in [3.63, 3.8) is 0 Å². The third-order valence-electron chi connectivity index (χ3n) is 3.04. The second-order valence-corrected chi connectivity index (χ2v) is 5.35. The molecule has 0 radical (unpaired) electrons. The Hall–Kier alpha value is -0.260. The Morgan fingerprint density at radius 3 is 1.94 bits per heavy atom. The van der Waals surface area contributed by atoms with Crippen LogP contribution in [-0.4, -0.2) is 0 Å². The molecule has 0 aliphatic rings. The summed E-state index contributed by atoms with van der Waals surface area (Å²) < 4.78 is 0. The van der Waals surface area contributed by atoms with Gasteiger partial charge in [-0.2, -0.15) is 0 Å². The van der Waals surface area contributed by atoms with Gasteiger partial charge in [-0.3, -0.25) is 0 Å². The van der Waals surface area contributed by atoms with Crippen LogP contribution in [0.2, 0.25) is 0 Å². The summed E-state index contributed by atoms with van der Waals surface area (Å²) in [5.74, 6) is 0.890. The van der Waals surface area contributed by atoms with Crippen molar-refractivity contribution < 1.29 is 0 Å². The van der Waals surface area contributed by atoms with Gasteiger partial charge in [-0.25, -0.2) is 0 Å². The van der Waals surface area contributed by atoms with Crippen molar-refractivity contribution in [3.8, 4) is 0 Å². The normalized spacial score (nSPS) is 11.8. The van der Waals surface area contributed by atoms with Gasteiger partial charge in [0.25, 0.3) is 0 Å². The van der Waals surface area contributed by atoms with Crippen LogP contribution in [0.1, 0.15) is 85.0 Å². The molecule has 0 saturated heterocycles. The van der Waals surface area contributed by atoms with Crippen LogP contribution in [-0.2, 0) is 0 Å². The Morgan fingerprint density at radius 1 is 0.750 bits per heavy atom. The molecule has 0 N–H and O–H groups in total. The van der Waals surface area contributed by atoms with E-state index in [1.54, 1.807) is 0 Å². The van der Waals surface area contributed by atoms with Crippen molar-refractivity contribution in [2.45, 2.75) is 85.0 Å². The van der Waals surface area contributed by atoms with E-state index in [0.717, 1.165) is 5.92 Å². The average molecular weight is 224 g/mol. The van der Waals surface area contributed by atoms with E-state index >= 15 is 0 Å². The standard InChI is InChI=1S/C16H32/c1-4-5-6-7-8-9-10-11-12-13-14-15-16(2)3/h7-8,16H,4-6,9-15H2,1-3H3. The Bertz CT molecular complexity index is 144. The molecule has 0 aromatic carbocycles. The lowest BCUT2D eigenvalue weighted by Gasteiger charge is -2.03. The zero-order valence-electron chi connectivity index (χ0n) is 11.8. The molecule has 0 heterocycles. The van der Waals surface area contributed by atoms with Crippen molar-refractivity contribution >= 4 is 0 Å². The maximum Gasteiger partial charge on any atom is -0.0351 e. The molecule has 0 heteroatoms.